The summed E-state index contributed by atoms with van der Waals surface area (Å²) in [5, 5.41) is 3.28. The fraction of sp³-hybridized carbons (Fsp3) is 0.385. The van der Waals surface area contributed by atoms with Crippen LogP contribution in [0.5, 0.6) is 5.75 Å². The van der Waals surface area contributed by atoms with E-state index < -0.39 is 0 Å². The zero-order chi connectivity index (χ0) is 10.8. The van der Waals surface area contributed by atoms with Crippen LogP contribution >= 0.6 is 0 Å². The Labute approximate surface area is 91.0 Å². The molecular weight excluding hydrogens is 186 g/mol. The highest BCUT2D eigenvalue weighted by atomic mass is 16.5. The number of benzene rings is 1. The third-order valence-electron chi connectivity index (χ3n) is 3.06. The molecule has 0 spiro atoms. The topological polar surface area (TPSA) is 21.3 Å². The maximum Gasteiger partial charge on any atom is 0.126 e. The summed E-state index contributed by atoms with van der Waals surface area (Å²) in [7, 11) is 3.72. The van der Waals surface area contributed by atoms with Crippen molar-refractivity contribution in [2.75, 3.05) is 14.2 Å². The number of rotatable bonds is 3. The van der Waals surface area contributed by atoms with Gasteiger partial charge in [0.1, 0.15) is 5.75 Å². The van der Waals surface area contributed by atoms with Gasteiger partial charge in [-0.05, 0) is 37.6 Å². The molecule has 1 aliphatic carbocycles. The molecule has 0 aromatic heterocycles. The fourth-order valence-corrected chi connectivity index (χ4v) is 2.12. The van der Waals surface area contributed by atoms with Crippen molar-refractivity contribution in [1.82, 2.24) is 5.32 Å². The van der Waals surface area contributed by atoms with Crippen LogP contribution in [0.25, 0.3) is 5.57 Å². The van der Waals surface area contributed by atoms with E-state index in [0.717, 1.165) is 12.2 Å². The lowest BCUT2D eigenvalue weighted by atomic mass is 10.00. The maximum atomic E-state index is 5.41. The summed E-state index contributed by atoms with van der Waals surface area (Å²) in [6.45, 7) is 2.17. The highest BCUT2D eigenvalue weighted by Crippen LogP contribution is 2.36. The lowest BCUT2D eigenvalue weighted by Crippen LogP contribution is -2.22. The van der Waals surface area contributed by atoms with Crippen molar-refractivity contribution in [2.45, 2.75) is 19.4 Å². The van der Waals surface area contributed by atoms with Crippen LogP contribution in [0.15, 0.2) is 24.3 Å². The van der Waals surface area contributed by atoms with E-state index in [9.17, 15) is 0 Å². The standard InChI is InChI=1S/C13H17NO/c1-9(14-2)11-8-7-10-5-4-6-12(15-3)13(10)11/h4-6,8-9,14H,7H2,1-3H3. The molecule has 0 saturated carbocycles. The van der Waals surface area contributed by atoms with Gasteiger partial charge in [-0.15, -0.1) is 0 Å². The summed E-state index contributed by atoms with van der Waals surface area (Å²) in [5.41, 5.74) is 4.00. The monoisotopic (exact) mass is 203 g/mol. The zero-order valence-electron chi connectivity index (χ0n) is 9.50. The van der Waals surface area contributed by atoms with Gasteiger partial charge in [0.15, 0.2) is 0 Å². The van der Waals surface area contributed by atoms with E-state index >= 15 is 0 Å². The van der Waals surface area contributed by atoms with E-state index in [1.165, 1.54) is 16.7 Å². The van der Waals surface area contributed by atoms with Crippen molar-refractivity contribution >= 4 is 5.57 Å². The summed E-state index contributed by atoms with van der Waals surface area (Å²) in [6, 6.07) is 6.63. The molecule has 0 saturated heterocycles. The Hall–Kier alpha value is -1.28. The minimum atomic E-state index is 0.377. The van der Waals surface area contributed by atoms with Crippen molar-refractivity contribution < 1.29 is 4.74 Å². The average Bonchev–Trinajstić information content (AvgIpc) is 2.71. The van der Waals surface area contributed by atoms with Gasteiger partial charge in [-0.25, -0.2) is 0 Å². The summed E-state index contributed by atoms with van der Waals surface area (Å²) >= 11 is 0. The molecule has 0 heterocycles. The second-order valence-electron chi connectivity index (χ2n) is 3.87. The molecule has 0 radical (unpaired) electrons. The molecule has 1 N–H and O–H groups in total. The molecule has 2 nitrogen and oxygen atoms in total. The summed E-state index contributed by atoms with van der Waals surface area (Å²) in [5.74, 6) is 0.985. The van der Waals surface area contributed by atoms with Gasteiger partial charge in [-0.2, -0.15) is 0 Å². The third-order valence-corrected chi connectivity index (χ3v) is 3.06. The molecule has 0 bridgehead atoms. The van der Waals surface area contributed by atoms with Crippen LogP contribution in [0.2, 0.25) is 0 Å². The average molecular weight is 203 g/mol. The Morgan fingerprint density at radius 3 is 2.87 bits per heavy atom. The predicted octanol–water partition coefficient (Wildman–Crippen LogP) is 2.24. The van der Waals surface area contributed by atoms with Crippen LogP contribution in [0.1, 0.15) is 18.1 Å². The van der Waals surface area contributed by atoms with Gasteiger partial charge in [-0.3, -0.25) is 0 Å². The van der Waals surface area contributed by atoms with Crippen molar-refractivity contribution in [1.29, 1.82) is 0 Å². The van der Waals surface area contributed by atoms with Crippen molar-refractivity contribution in [3.05, 3.63) is 35.4 Å². The van der Waals surface area contributed by atoms with Crippen LogP contribution in [0.4, 0.5) is 0 Å². The second kappa shape index (κ2) is 4.07. The second-order valence-corrected chi connectivity index (χ2v) is 3.87. The molecule has 2 rings (SSSR count). The van der Waals surface area contributed by atoms with Crippen LogP contribution in [0.3, 0.4) is 0 Å². The molecule has 0 aliphatic heterocycles. The number of allylic oxidation sites excluding steroid dienone is 1. The summed E-state index contributed by atoms with van der Waals surface area (Å²) in [4.78, 5) is 0. The molecule has 1 aliphatic rings. The van der Waals surface area contributed by atoms with Crippen LogP contribution in [-0.2, 0) is 6.42 Å². The number of likely N-dealkylation sites (N-methyl/N-ethyl adjacent to an activating group) is 1. The Balaban J connectivity index is 2.45. The van der Waals surface area contributed by atoms with Crippen molar-refractivity contribution in [3.63, 3.8) is 0 Å². The first-order valence-electron chi connectivity index (χ1n) is 5.31. The van der Waals surface area contributed by atoms with Gasteiger partial charge >= 0.3 is 0 Å². The molecule has 1 aromatic carbocycles. The molecule has 0 fully saturated rings. The van der Waals surface area contributed by atoms with Crippen LogP contribution < -0.4 is 10.1 Å². The SMILES string of the molecule is CNC(C)C1=CCc2cccc(OC)c21. The van der Waals surface area contributed by atoms with Gasteiger partial charge in [-0.1, -0.05) is 18.2 Å². The lowest BCUT2D eigenvalue weighted by Gasteiger charge is -2.16. The van der Waals surface area contributed by atoms with Crippen molar-refractivity contribution in [2.24, 2.45) is 0 Å². The zero-order valence-corrected chi connectivity index (χ0v) is 9.50. The molecular formula is C13H17NO. The van der Waals surface area contributed by atoms with E-state index in [0.29, 0.717) is 6.04 Å². The fourth-order valence-electron chi connectivity index (χ4n) is 2.12. The Morgan fingerprint density at radius 1 is 1.40 bits per heavy atom. The number of hydrogen-bond acceptors (Lipinski definition) is 2. The van der Waals surface area contributed by atoms with Gasteiger partial charge in [0.2, 0.25) is 0 Å². The minimum Gasteiger partial charge on any atom is -0.496 e. The summed E-state index contributed by atoms with van der Waals surface area (Å²) < 4.78 is 5.41. The normalized spacial score (nSPS) is 15.8. The van der Waals surface area contributed by atoms with Crippen molar-refractivity contribution in [3.8, 4) is 5.75 Å². The quantitative estimate of drug-likeness (QED) is 0.813. The molecule has 2 heteroatoms. The first kappa shape index (κ1) is 10.2. The molecule has 1 unspecified atom stereocenters. The number of fused-ring (bicyclic) bond motifs is 1. The molecule has 15 heavy (non-hydrogen) atoms. The molecule has 80 valence electrons. The minimum absolute atomic E-state index is 0.377. The molecule has 1 atom stereocenters. The van der Waals surface area contributed by atoms with Gasteiger partial charge in [0.05, 0.1) is 7.11 Å². The van der Waals surface area contributed by atoms with Gasteiger partial charge in [0, 0.05) is 11.6 Å². The first-order chi connectivity index (χ1) is 7.27. The highest BCUT2D eigenvalue weighted by molar-refractivity contribution is 5.80. The van der Waals surface area contributed by atoms with E-state index in [-0.39, 0.29) is 0 Å². The third kappa shape index (κ3) is 1.65. The van der Waals surface area contributed by atoms with Crippen LogP contribution in [-0.4, -0.2) is 20.2 Å². The highest BCUT2D eigenvalue weighted by Gasteiger charge is 2.21. The van der Waals surface area contributed by atoms with E-state index in [1.807, 2.05) is 13.1 Å². The number of hydrogen-bond donors (Lipinski definition) is 1. The number of ether oxygens (including phenoxy) is 1. The molecule has 0 amide bonds. The van der Waals surface area contributed by atoms with Gasteiger partial charge < -0.3 is 10.1 Å². The number of methoxy groups -OCH3 is 1. The Kier molecular flexibility index (Phi) is 2.78. The van der Waals surface area contributed by atoms with E-state index in [4.69, 9.17) is 4.74 Å². The lowest BCUT2D eigenvalue weighted by molar-refractivity contribution is 0.413. The summed E-state index contributed by atoms with van der Waals surface area (Å²) in [6.07, 6.45) is 3.31. The first-order valence-corrected chi connectivity index (χ1v) is 5.31. The predicted molar refractivity (Wildman–Crippen MR) is 63.2 cm³/mol. The van der Waals surface area contributed by atoms with Gasteiger partial charge in [0.25, 0.3) is 0 Å². The van der Waals surface area contributed by atoms with E-state index in [1.54, 1.807) is 7.11 Å². The largest absolute Gasteiger partial charge is 0.496 e. The maximum absolute atomic E-state index is 5.41. The smallest absolute Gasteiger partial charge is 0.126 e. The number of nitrogens with one attached hydrogen (secondary N) is 1. The Morgan fingerprint density at radius 2 is 2.20 bits per heavy atom. The van der Waals surface area contributed by atoms with E-state index in [2.05, 4.69) is 30.4 Å². The Bertz CT molecular complexity index is 396. The van der Waals surface area contributed by atoms with Crippen LogP contribution in [0, 0.1) is 0 Å². The molecule has 1 aromatic rings.